The summed E-state index contributed by atoms with van der Waals surface area (Å²) < 4.78 is 4.28. The second-order valence-corrected chi connectivity index (χ2v) is 4.36. The van der Waals surface area contributed by atoms with Gasteiger partial charge in [-0.05, 0) is 4.90 Å². The zero-order chi connectivity index (χ0) is 13.8. The molecule has 9 nitrogen and oxygen atoms in total. The van der Waals surface area contributed by atoms with E-state index < -0.39 is 5.91 Å². The lowest BCUT2D eigenvalue weighted by molar-refractivity contribution is -0.903. The van der Waals surface area contributed by atoms with Gasteiger partial charge in [-0.3, -0.25) is 9.42 Å². The quantitative estimate of drug-likeness (QED) is 0.567. The maximum absolute atomic E-state index is 12.1. The highest BCUT2D eigenvalue weighted by Crippen LogP contribution is 2.06. The topological polar surface area (TPSA) is 128 Å². The van der Waals surface area contributed by atoms with Crippen molar-refractivity contribution in [3.05, 3.63) is 10.9 Å². The zero-order valence-electron chi connectivity index (χ0n) is 10.3. The van der Waals surface area contributed by atoms with Crippen LogP contribution in [-0.2, 0) is 0 Å². The fourth-order valence-corrected chi connectivity index (χ4v) is 2.10. The Morgan fingerprint density at radius 2 is 2.32 bits per heavy atom. The number of nitrogens with two attached hydrogens (primary N) is 1. The molecule has 102 valence electrons. The molecule has 1 aliphatic rings. The Morgan fingerprint density at radius 1 is 1.63 bits per heavy atom. The first-order chi connectivity index (χ1) is 9.13. The number of nitrogens with zero attached hydrogens (tertiary/aromatic N) is 4. The molecule has 9 heteroatoms. The van der Waals surface area contributed by atoms with Crippen molar-refractivity contribution in [3.8, 4) is 6.07 Å². The highest BCUT2D eigenvalue weighted by Gasteiger charge is 2.32. The van der Waals surface area contributed by atoms with E-state index in [0.717, 1.165) is 19.6 Å². The number of anilines is 1. The summed E-state index contributed by atoms with van der Waals surface area (Å²) in [5.74, 6) is -0.660. The highest BCUT2D eigenvalue weighted by molar-refractivity contribution is 5.94. The summed E-state index contributed by atoms with van der Waals surface area (Å²) in [6, 6.07) is 2.10. The van der Waals surface area contributed by atoms with Crippen LogP contribution in [0.25, 0.3) is 0 Å². The van der Waals surface area contributed by atoms with Crippen molar-refractivity contribution < 1.29 is 19.2 Å². The van der Waals surface area contributed by atoms with Crippen LogP contribution in [0.5, 0.6) is 0 Å². The van der Waals surface area contributed by atoms with E-state index in [-0.39, 0.29) is 16.4 Å². The molecule has 0 saturated carbocycles. The average Bonchev–Trinajstić information content (AvgIpc) is 2.76. The van der Waals surface area contributed by atoms with E-state index in [0.29, 0.717) is 19.5 Å². The number of nitriles is 1. The Hall–Kier alpha value is -2.34. The Balaban J connectivity index is 1.95. The largest absolute Gasteiger partial charge is 0.359 e. The Labute approximate surface area is 109 Å². The molecule has 1 fully saturated rings. The van der Waals surface area contributed by atoms with E-state index in [2.05, 4.69) is 15.9 Å². The molecule has 1 amide bonds. The fourth-order valence-electron chi connectivity index (χ4n) is 2.10. The fraction of sp³-hybridized carbons (Fsp3) is 0.600. The van der Waals surface area contributed by atoms with Gasteiger partial charge >= 0.3 is 17.4 Å². The Morgan fingerprint density at radius 3 is 2.84 bits per heavy atom. The van der Waals surface area contributed by atoms with Crippen LogP contribution in [0.1, 0.15) is 16.9 Å². The predicted octanol–water partition coefficient (Wildman–Crippen LogP) is -2.86. The maximum atomic E-state index is 12.1. The maximum Gasteiger partial charge on any atom is 0.318 e. The van der Waals surface area contributed by atoms with Crippen molar-refractivity contribution in [2.45, 2.75) is 6.42 Å². The van der Waals surface area contributed by atoms with Gasteiger partial charge in [-0.25, -0.2) is 0 Å². The lowest BCUT2D eigenvalue weighted by atomic mass is 10.2. The van der Waals surface area contributed by atoms with E-state index >= 15 is 0 Å². The highest BCUT2D eigenvalue weighted by atomic mass is 16.8. The molecule has 0 bridgehead atoms. The van der Waals surface area contributed by atoms with E-state index in [1.54, 1.807) is 4.90 Å². The summed E-state index contributed by atoms with van der Waals surface area (Å²) >= 11 is 0. The number of piperazine rings is 1. The smallest absolute Gasteiger partial charge is 0.318 e. The number of amides is 1. The third kappa shape index (κ3) is 2.74. The van der Waals surface area contributed by atoms with Crippen molar-refractivity contribution in [2.75, 3.05) is 38.5 Å². The third-order valence-corrected chi connectivity index (χ3v) is 3.19. The summed E-state index contributed by atoms with van der Waals surface area (Å²) in [7, 11) is 0. The van der Waals surface area contributed by atoms with Crippen LogP contribution < -0.4 is 15.5 Å². The van der Waals surface area contributed by atoms with Gasteiger partial charge in [0.1, 0.15) is 0 Å². The molecule has 1 aromatic heterocycles. The average molecular weight is 267 g/mol. The van der Waals surface area contributed by atoms with Gasteiger partial charge in [0, 0.05) is 0 Å². The molecule has 19 heavy (non-hydrogen) atoms. The number of carbonyl (C=O) groups is 1. The predicted molar refractivity (Wildman–Crippen MR) is 61.6 cm³/mol. The third-order valence-electron chi connectivity index (χ3n) is 3.19. The van der Waals surface area contributed by atoms with Crippen molar-refractivity contribution in [2.24, 2.45) is 0 Å². The van der Waals surface area contributed by atoms with Gasteiger partial charge in [0.25, 0.3) is 0 Å². The van der Waals surface area contributed by atoms with Gasteiger partial charge in [-0.2, -0.15) is 5.26 Å². The molecule has 0 aliphatic carbocycles. The minimum atomic E-state index is -0.465. The van der Waals surface area contributed by atoms with Gasteiger partial charge in [-0.1, -0.05) is 0 Å². The molecule has 2 heterocycles. The molecule has 3 N–H and O–H groups in total. The molecular formula is C10H15N6O3+. The molecular weight excluding hydrogens is 252 g/mol. The number of rotatable bonds is 3. The van der Waals surface area contributed by atoms with Crippen LogP contribution in [0.2, 0.25) is 0 Å². The number of hydrogen-bond acceptors (Lipinski definition) is 6. The number of carbonyl (C=O) groups excluding carboxylic acids is 1. The summed E-state index contributed by atoms with van der Waals surface area (Å²) in [5, 5.41) is 23.0. The van der Waals surface area contributed by atoms with Gasteiger partial charge in [0.15, 0.2) is 0 Å². The molecule has 0 spiro atoms. The monoisotopic (exact) mass is 267 g/mol. The number of nitrogen functional groups attached to an aromatic ring is 1. The van der Waals surface area contributed by atoms with Gasteiger partial charge in [0.05, 0.1) is 50.4 Å². The van der Waals surface area contributed by atoms with E-state index in [9.17, 15) is 10.0 Å². The molecule has 1 aromatic rings. The molecule has 2 rings (SSSR count). The van der Waals surface area contributed by atoms with Gasteiger partial charge in [-0.15, -0.1) is 0 Å². The number of hydrogen-bond donors (Lipinski definition) is 2. The Bertz CT molecular complexity index is 480. The van der Waals surface area contributed by atoms with Gasteiger partial charge in [0.2, 0.25) is 0 Å². The lowest BCUT2D eigenvalue weighted by Gasteiger charge is -2.31. The van der Waals surface area contributed by atoms with Crippen molar-refractivity contribution in [1.29, 1.82) is 5.26 Å². The van der Waals surface area contributed by atoms with Crippen LogP contribution in [0.3, 0.4) is 0 Å². The summed E-state index contributed by atoms with van der Waals surface area (Å²) in [4.78, 5) is 14.9. The van der Waals surface area contributed by atoms with Crippen molar-refractivity contribution >= 4 is 11.7 Å². The van der Waals surface area contributed by atoms with Crippen LogP contribution in [0.15, 0.2) is 4.63 Å². The van der Waals surface area contributed by atoms with Gasteiger partial charge < -0.3 is 20.7 Å². The second kappa shape index (κ2) is 5.53. The second-order valence-electron chi connectivity index (χ2n) is 4.36. The molecule has 0 radical (unpaired) electrons. The minimum absolute atomic E-state index is 0.0343. The first-order valence-electron chi connectivity index (χ1n) is 5.98. The van der Waals surface area contributed by atoms with E-state index in [1.807, 2.05) is 0 Å². The molecule has 0 atom stereocenters. The molecule has 0 unspecified atom stereocenters. The van der Waals surface area contributed by atoms with E-state index in [4.69, 9.17) is 11.0 Å². The molecule has 1 saturated heterocycles. The van der Waals surface area contributed by atoms with Crippen LogP contribution in [0.4, 0.5) is 5.82 Å². The first kappa shape index (κ1) is 13.1. The molecule has 0 aromatic carbocycles. The SMILES string of the molecule is N#CCC[NH+]1CCN(C(=O)c2c(N)no[n+]2[O-])CC1. The van der Waals surface area contributed by atoms with Crippen molar-refractivity contribution in [1.82, 2.24) is 10.1 Å². The number of nitrogens with one attached hydrogen (secondary N) is 1. The van der Waals surface area contributed by atoms with Crippen molar-refractivity contribution in [3.63, 3.8) is 0 Å². The number of aromatic nitrogens is 2. The number of quaternary nitrogens is 1. The lowest BCUT2D eigenvalue weighted by Crippen LogP contribution is -3.14. The summed E-state index contributed by atoms with van der Waals surface area (Å²) in [5.41, 5.74) is 5.16. The van der Waals surface area contributed by atoms with Crippen LogP contribution in [0, 0.1) is 16.5 Å². The van der Waals surface area contributed by atoms with Crippen LogP contribution >= 0.6 is 0 Å². The first-order valence-corrected chi connectivity index (χ1v) is 5.98. The zero-order valence-corrected chi connectivity index (χ0v) is 10.3. The summed E-state index contributed by atoms with van der Waals surface area (Å²) in [6.07, 6.45) is 0.502. The minimum Gasteiger partial charge on any atom is -0.359 e. The molecule has 1 aliphatic heterocycles. The van der Waals surface area contributed by atoms with E-state index in [1.165, 1.54) is 4.90 Å². The normalized spacial score (nSPS) is 16.3. The Kier molecular flexibility index (Phi) is 3.82. The standard InChI is InChI=1S/C10H14N6O3/c11-2-1-3-14-4-6-15(7-5-14)10(17)8-9(12)13-19-16(8)18/h1,3-7H2,(H2,12,13)/p+1. The summed E-state index contributed by atoms with van der Waals surface area (Å²) in [6.45, 7) is 3.30. The van der Waals surface area contributed by atoms with Crippen LogP contribution in [-0.4, -0.2) is 48.7 Å².